The second-order valence-corrected chi connectivity index (χ2v) is 3.38. The highest BCUT2D eigenvalue weighted by Gasteiger charge is 2.08. The first-order valence-corrected chi connectivity index (χ1v) is 4.74. The van der Waals surface area contributed by atoms with E-state index in [-0.39, 0.29) is 11.3 Å². The lowest BCUT2D eigenvalue weighted by Crippen LogP contribution is -2.16. The molecule has 0 aliphatic carbocycles. The zero-order valence-corrected chi connectivity index (χ0v) is 8.38. The molecule has 1 heterocycles. The molecule has 2 rings (SSSR count). The fourth-order valence-electron chi connectivity index (χ4n) is 1.43. The molecule has 0 saturated heterocycles. The molecule has 2 N–H and O–H groups in total. The molecule has 0 amide bonds. The third-order valence-electron chi connectivity index (χ3n) is 2.20. The van der Waals surface area contributed by atoms with Crippen molar-refractivity contribution in [1.82, 2.24) is 9.78 Å². The summed E-state index contributed by atoms with van der Waals surface area (Å²) in [6, 6.07) is 10.4. The van der Waals surface area contributed by atoms with Crippen molar-refractivity contribution in [3.63, 3.8) is 0 Å². The molecule has 0 fully saturated rings. The number of hydrogen-bond donors (Lipinski definition) is 2. The standard InChI is InChI=1S/C11H10N2O3/c14-10-6-9(11(15)16)12-13(10)7-8-4-2-1-3-5-8/h1-6,12H,7H2,(H,15,16). The second kappa shape index (κ2) is 4.06. The average Bonchev–Trinajstić information content (AvgIpc) is 2.62. The Balaban J connectivity index is 2.29. The van der Waals surface area contributed by atoms with Gasteiger partial charge in [-0.25, -0.2) is 9.48 Å². The van der Waals surface area contributed by atoms with Crippen LogP contribution in [0.3, 0.4) is 0 Å². The van der Waals surface area contributed by atoms with E-state index in [1.165, 1.54) is 4.68 Å². The number of aromatic amines is 1. The Morgan fingerprint density at radius 2 is 2.00 bits per heavy atom. The van der Waals surface area contributed by atoms with Crippen LogP contribution in [0.2, 0.25) is 0 Å². The van der Waals surface area contributed by atoms with Gasteiger partial charge in [0.15, 0.2) is 0 Å². The largest absolute Gasteiger partial charge is 0.477 e. The van der Waals surface area contributed by atoms with Crippen LogP contribution in [-0.4, -0.2) is 20.9 Å². The van der Waals surface area contributed by atoms with E-state index in [0.717, 1.165) is 11.6 Å². The molecule has 1 aromatic heterocycles. The van der Waals surface area contributed by atoms with Crippen LogP contribution in [0, 0.1) is 0 Å². The summed E-state index contributed by atoms with van der Waals surface area (Å²) < 4.78 is 1.26. The highest BCUT2D eigenvalue weighted by Crippen LogP contribution is 2.00. The molecule has 0 aliphatic heterocycles. The molecular formula is C11H10N2O3. The number of benzene rings is 1. The zero-order chi connectivity index (χ0) is 11.5. The van der Waals surface area contributed by atoms with E-state index in [2.05, 4.69) is 5.10 Å². The number of H-pyrrole nitrogens is 1. The van der Waals surface area contributed by atoms with E-state index >= 15 is 0 Å². The van der Waals surface area contributed by atoms with Crippen molar-refractivity contribution in [3.8, 4) is 0 Å². The molecule has 0 bridgehead atoms. The summed E-state index contributed by atoms with van der Waals surface area (Å²) >= 11 is 0. The summed E-state index contributed by atoms with van der Waals surface area (Å²) in [5.74, 6) is -1.14. The van der Waals surface area contributed by atoms with E-state index in [4.69, 9.17) is 5.11 Å². The molecule has 2 aromatic rings. The van der Waals surface area contributed by atoms with Crippen molar-refractivity contribution < 1.29 is 9.90 Å². The maximum atomic E-state index is 11.4. The number of carboxylic acid groups (broad SMARTS) is 1. The Morgan fingerprint density at radius 3 is 2.56 bits per heavy atom. The first-order valence-electron chi connectivity index (χ1n) is 4.74. The fraction of sp³-hybridized carbons (Fsp3) is 0.0909. The minimum atomic E-state index is -1.14. The average molecular weight is 218 g/mol. The molecular weight excluding hydrogens is 208 g/mol. The Labute approximate surface area is 90.9 Å². The van der Waals surface area contributed by atoms with Crippen molar-refractivity contribution in [3.05, 3.63) is 58.0 Å². The SMILES string of the molecule is O=C(O)c1cc(=O)n(Cc2ccccc2)[nH]1. The summed E-state index contributed by atoms with van der Waals surface area (Å²) in [6.07, 6.45) is 0. The van der Waals surface area contributed by atoms with Gasteiger partial charge in [0.2, 0.25) is 0 Å². The van der Waals surface area contributed by atoms with Gasteiger partial charge in [-0.2, -0.15) is 0 Å². The molecule has 0 spiro atoms. The van der Waals surface area contributed by atoms with Crippen molar-refractivity contribution in [1.29, 1.82) is 0 Å². The number of nitrogens with one attached hydrogen (secondary N) is 1. The van der Waals surface area contributed by atoms with E-state index in [1.807, 2.05) is 30.3 Å². The summed E-state index contributed by atoms with van der Waals surface area (Å²) in [4.78, 5) is 22.1. The molecule has 16 heavy (non-hydrogen) atoms. The summed E-state index contributed by atoms with van der Waals surface area (Å²) in [5, 5.41) is 11.2. The topological polar surface area (TPSA) is 75.1 Å². The van der Waals surface area contributed by atoms with E-state index in [1.54, 1.807) is 0 Å². The smallest absolute Gasteiger partial charge is 0.353 e. The van der Waals surface area contributed by atoms with E-state index < -0.39 is 5.97 Å². The number of rotatable bonds is 3. The van der Waals surface area contributed by atoms with Crippen LogP contribution in [-0.2, 0) is 6.54 Å². The van der Waals surface area contributed by atoms with Gasteiger partial charge in [0, 0.05) is 6.07 Å². The summed E-state index contributed by atoms with van der Waals surface area (Å²) in [7, 11) is 0. The third kappa shape index (κ3) is 2.03. The van der Waals surface area contributed by atoms with Gasteiger partial charge >= 0.3 is 5.97 Å². The van der Waals surface area contributed by atoms with Gasteiger partial charge in [0.25, 0.3) is 5.56 Å². The van der Waals surface area contributed by atoms with Gasteiger partial charge in [-0.05, 0) is 5.56 Å². The second-order valence-electron chi connectivity index (χ2n) is 3.38. The lowest BCUT2D eigenvalue weighted by Gasteiger charge is -2.01. The summed E-state index contributed by atoms with van der Waals surface area (Å²) in [6.45, 7) is 0.340. The Kier molecular flexibility index (Phi) is 2.59. The summed E-state index contributed by atoms with van der Waals surface area (Å²) in [5.41, 5.74) is 0.491. The number of aromatic nitrogens is 2. The van der Waals surface area contributed by atoms with Crippen LogP contribution in [0.5, 0.6) is 0 Å². The molecule has 0 saturated carbocycles. The van der Waals surface area contributed by atoms with E-state index in [9.17, 15) is 9.59 Å². The van der Waals surface area contributed by atoms with E-state index in [0.29, 0.717) is 6.54 Å². The van der Waals surface area contributed by atoms with Crippen LogP contribution >= 0.6 is 0 Å². The predicted octanol–water partition coefficient (Wildman–Crippen LogP) is 0.923. The van der Waals surface area contributed by atoms with Crippen LogP contribution in [0.4, 0.5) is 0 Å². The lowest BCUT2D eigenvalue weighted by atomic mass is 10.2. The molecule has 1 aromatic carbocycles. The Morgan fingerprint density at radius 1 is 1.31 bits per heavy atom. The van der Waals surface area contributed by atoms with Gasteiger partial charge in [-0.1, -0.05) is 30.3 Å². The normalized spacial score (nSPS) is 10.2. The molecule has 5 nitrogen and oxygen atoms in total. The number of nitrogens with zero attached hydrogens (tertiary/aromatic N) is 1. The Hall–Kier alpha value is -2.30. The molecule has 82 valence electrons. The maximum Gasteiger partial charge on any atom is 0.353 e. The minimum absolute atomic E-state index is 0.0964. The fourth-order valence-corrected chi connectivity index (χ4v) is 1.43. The lowest BCUT2D eigenvalue weighted by molar-refractivity contribution is 0.0689. The van der Waals surface area contributed by atoms with Gasteiger partial charge in [0.1, 0.15) is 5.69 Å². The van der Waals surface area contributed by atoms with Crippen molar-refractivity contribution in [2.24, 2.45) is 0 Å². The van der Waals surface area contributed by atoms with Crippen LogP contribution in [0.25, 0.3) is 0 Å². The van der Waals surface area contributed by atoms with Gasteiger partial charge < -0.3 is 5.11 Å². The maximum absolute atomic E-state index is 11.4. The number of hydrogen-bond acceptors (Lipinski definition) is 2. The van der Waals surface area contributed by atoms with Gasteiger partial charge in [-0.3, -0.25) is 9.89 Å². The van der Waals surface area contributed by atoms with Gasteiger partial charge in [0.05, 0.1) is 6.54 Å². The molecule has 5 heteroatoms. The first kappa shape index (κ1) is 10.2. The minimum Gasteiger partial charge on any atom is -0.477 e. The highest BCUT2D eigenvalue weighted by atomic mass is 16.4. The molecule has 0 unspecified atom stereocenters. The Bertz CT molecular complexity index is 554. The third-order valence-corrected chi connectivity index (χ3v) is 2.20. The van der Waals surface area contributed by atoms with Crippen molar-refractivity contribution >= 4 is 5.97 Å². The molecule has 0 aliphatic rings. The predicted molar refractivity (Wildman–Crippen MR) is 57.6 cm³/mol. The zero-order valence-electron chi connectivity index (χ0n) is 8.38. The number of aromatic carboxylic acids is 1. The van der Waals surface area contributed by atoms with Crippen molar-refractivity contribution in [2.45, 2.75) is 6.54 Å². The van der Waals surface area contributed by atoms with Gasteiger partial charge in [-0.15, -0.1) is 0 Å². The quantitative estimate of drug-likeness (QED) is 0.804. The van der Waals surface area contributed by atoms with Crippen LogP contribution in [0.15, 0.2) is 41.2 Å². The van der Waals surface area contributed by atoms with Crippen LogP contribution in [0.1, 0.15) is 16.1 Å². The van der Waals surface area contributed by atoms with Crippen LogP contribution < -0.4 is 5.56 Å². The number of carboxylic acids is 1. The monoisotopic (exact) mass is 218 g/mol. The number of carbonyl (C=O) groups is 1. The van der Waals surface area contributed by atoms with Crippen molar-refractivity contribution in [2.75, 3.05) is 0 Å². The first-order chi connectivity index (χ1) is 7.66. The molecule has 0 radical (unpaired) electrons. The highest BCUT2D eigenvalue weighted by molar-refractivity contribution is 5.84. The molecule has 0 atom stereocenters.